The molecular weight excluding hydrogens is 676 g/mol. The standard InChI is InChI=1S/C38H42N2O10S/c1-4-47-35(37(48-5-2)29-13-18-33(32(41)22-29)49-24-27-9-7-6-8-10-27)25-51(45,46)20-19-26-11-12-28(23-36(42)43)34(21-26)50-38(44)40-31-16-14-30(39-3)15-17-31/h6-22,35,37,39,41H,4-5,23-25H2,1-3H3,(H,40,44)(H,42,43). The first kappa shape index (κ1) is 38.4. The number of carboxylic acid groups (broad SMARTS) is 1. The van der Waals surface area contributed by atoms with Crippen LogP contribution in [0.25, 0.3) is 6.08 Å². The maximum Gasteiger partial charge on any atom is 0.417 e. The summed E-state index contributed by atoms with van der Waals surface area (Å²) >= 11 is 0. The van der Waals surface area contributed by atoms with Gasteiger partial charge < -0.3 is 34.5 Å². The Morgan fingerprint density at radius 1 is 0.863 bits per heavy atom. The lowest BCUT2D eigenvalue weighted by Gasteiger charge is -2.27. The van der Waals surface area contributed by atoms with Crippen molar-refractivity contribution in [3.05, 3.63) is 119 Å². The van der Waals surface area contributed by atoms with Gasteiger partial charge in [-0.15, -0.1) is 0 Å². The van der Waals surface area contributed by atoms with Gasteiger partial charge >= 0.3 is 12.1 Å². The fourth-order valence-electron chi connectivity index (χ4n) is 5.11. The Labute approximate surface area is 297 Å². The molecule has 0 aromatic heterocycles. The molecule has 0 spiro atoms. The summed E-state index contributed by atoms with van der Waals surface area (Å²) in [6.45, 7) is 4.21. The highest BCUT2D eigenvalue weighted by molar-refractivity contribution is 7.94. The third-order valence-corrected chi connectivity index (χ3v) is 8.88. The number of aliphatic carboxylic acids is 1. The molecule has 0 aliphatic rings. The Morgan fingerprint density at radius 2 is 1.57 bits per heavy atom. The molecule has 51 heavy (non-hydrogen) atoms. The second kappa shape index (κ2) is 18.6. The molecule has 13 heteroatoms. The van der Waals surface area contributed by atoms with Gasteiger partial charge in [0.25, 0.3) is 0 Å². The zero-order valence-corrected chi connectivity index (χ0v) is 29.4. The summed E-state index contributed by atoms with van der Waals surface area (Å²) in [6, 6.07) is 25.5. The minimum Gasteiger partial charge on any atom is -0.504 e. The first-order valence-electron chi connectivity index (χ1n) is 16.2. The quantitative estimate of drug-likeness (QED) is 0.0852. The van der Waals surface area contributed by atoms with E-state index in [9.17, 15) is 28.2 Å². The molecule has 0 fully saturated rings. The van der Waals surface area contributed by atoms with Crippen LogP contribution in [0, 0.1) is 0 Å². The minimum atomic E-state index is -3.93. The molecule has 270 valence electrons. The van der Waals surface area contributed by atoms with E-state index in [0.29, 0.717) is 16.8 Å². The molecule has 4 aromatic rings. The van der Waals surface area contributed by atoms with Gasteiger partial charge in [0, 0.05) is 42.6 Å². The van der Waals surface area contributed by atoms with Gasteiger partial charge in [0.05, 0.1) is 12.2 Å². The van der Waals surface area contributed by atoms with Crippen molar-refractivity contribution in [2.45, 2.75) is 39.1 Å². The number of ether oxygens (including phenoxy) is 4. The number of aromatic hydroxyl groups is 1. The summed E-state index contributed by atoms with van der Waals surface area (Å²) in [5.74, 6) is -1.50. The van der Waals surface area contributed by atoms with Crippen molar-refractivity contribution in [1.29, 1.82) is 0 Å². The largest absolute Gasteiger partial charge is 0.504 e. The molecule has 4 rings (SSSR count). The van der Waals surface area contributed by atoms with Crippen LogP contribution in [-0.2, 0) is 37.1 Å². The van der Waals surface area contributed by atoms with Crippen LogP contribution in [0.5, 0.6) is 17.2 Å². The molecule has 0 radical (unpaired) electrons. The first-order chi connectivity index (χ1) is 24.5. The van der Waals surface area contributed by atoms with Crippen LogP contribution < -0.4 is 20.1 Å². The lowest BCUT2D eigenvalue weighted by Crippen LogP contribution is -2.31. The van der Waals surface area contributed by atoms with E-state index in [0.717, 1.165) is 16.7 Å². The van der Waals surface area contributed by atoms with E-state index in [-0.39, 0.29) is 42.6 Å². The van der Waals surface area contributed by atoms with Gasteiger partial charge in [0.15, 0.2) is 21.3 Å². The molecule has 0 heterocycles. The van der Waals surface area contributed by atoms with Gasteiger partial charge in [0.1, 0.15) is 24.6 Å². The van der Waals surface area contributed by atoms with Gasteiger partial charge in [0.2, 0.25) is 0 Å². The zero-order chi connectivity index (χ0) is 36.8. The molecule has 1 amide bonds. The number of carboxylic acids is 1. The number of sulfone groups is 1. The van der Waals surface area contributed by atoms with E-state index < -0.39 is 46.3 Å². The van der Waals surface area contributed by atoms with Crippen molar-refractivity contribution >= 4 is 39.4 Å². The Hall–Kier alpha value is -5.37. The summed E-state index contributed by atoms with van der Waals surface area (Å²) in [7, 11) is -2.17. The fraction of sp³-hybridized carbons (Fsp3) is 0.263. The lowest BCUT2D eigenvalue weighted by molar-refractivity contribution is -0.136. The summed E-state index contributed by atoms with van der Waals surface area (Å²) < 4.78 is 49.9. The van der Waals surface area contributed by atoms with Crippen molar-refractivity contribution in [3.63, 3.8) is 0 Å². The number of hydrogen-bond donors (Lipinski definition) is 4. The highest BCUT2D eigenvalue weighted by Crippen LogP contribution is 2.34. The zero-order valence-electron chi connectivity index (χ0n) is 28.6. The maximum absolute atomic E-state index is 13.4. The Kier molecular flexibility index (Phi) is 14.0. The Morgan fingerprint density at radius 3 is 2.22 bits per heavy atom. The molecule has 4 aromatic carbocycles. The normalized spacial score (nSPS) is 12.6. The molecule has 12 nitrogen and oxygen atoms in total. The second-order valence-corrected chi connectivity index (χ2v) is 13.2. The topological polar surface area (TPSA) is 170 Å². The molecule has 0 saturated heterocycles. The predicted octanol–water partition coefficient (Wildman–Crippen LogP) is 6.82. The van der Waals surface area contributed by atoms with Crippen LogP contribution in [0.1, 0.15) is 42.2 Å². The van der Waals surface area contributed by atoms with Gasteiger partial charge in [-0.2, -0.15) is 0 Å². The highest BCUT2D eigenvalue weighted by atomic mass is 32.2. The summed E-state index contributed by atoms with van der Waals surface area (Å²) in [5.41, 5.74) is 3.30. The smallest absolute Gasteiger partial charge is 0.417 e. The maximum atomic E-state index is 13.4. The molecule has 4 N–H and O–H groups in total. The molecule has 0 aliphatic heterocycles. The van der Waals surface area contributed by atoms with E-state index in [1.807, 2.05) is 30.3 Å². The number of rotatable bonds is 18. The van der Waals surface area contributed by atoms with Crippen molar-refractivity contribution in [2.24, 2.45) is 0 Å². The SMILES string of the molecule is CCOC(CS(=O)(=O)C=Cc1ccc(CC(=O)O)c(OC(=O)Nc2ccc(NC)cc2)c1)C(OCC)c1ccc(OCc2ccccc2)c(O)c1. The number of phenols is 1. The monoisotopic (exact) mass is 718 g/mol. The van der Waals surface area contributed by atoms with Crippen LogP contribution >= 0.6 is 0 Å². The van der Waals surface area contributed by atoms with Crippen LogP contribution in [0.15, 0.2) is 96.4 Å². The molecule has 0 bridgehead atoms. The summed E-state index contributed by atoms with van der Waals surface area (Å²) in [6.07, 6.45) is -1.73. The van der Waals surface area contributed by atoms with E-state index in [4.69, 9.17) is 18.9 Å². The van der Waals surface area contributed by atoms with Crippen LogP contribution in [-0.4, -0.2) is 62.8 Å². The van der Waals surface area contributed by atoms with Crippen molar-refractivity contribution in [3.8, 4) is 17.2 Å². The van der Waals surface area contributed by atoms with Gasteiger partial charge in [-0.3, -0.25) is 10.1 Å². The molecule has 2 atom stereocenters. The average molecular weight is 719 g/mol. The second-order valence-electron chi connectivity index (χ2n) is 11.3. The van der Waals surface area contributed by atoms with Gasteiger partial charge in [-0.1, -0.05) is 48.5 Å². The molecular formula is C38H42N2O10S. The average Bonchev–Trinajstić information content (AvgIpc) is 3.10. The number of hydrogen-bond acceptors (Lipinski definition) is 10. The Balaban J connectivity index is 1.50. The third kappa shape index (κ3) is 11.9. The Bertz CT molecular complexity index is 1900. The molecule has 0 aliphatic carbocycles. The van der Waals surface area contributed by atoms with Crippen LogP contribution in [0.3, 0.4) is 0 Å². The molecule has 0 saturated carbocycles. The number of anilines is 2. The van der Waals surface area contributed by atoms with E-state index in [1.165, 1.54) is 30.3 Å². The lowest BCUT2D eigenvalue weighted by atomic mass is 10.0. The number of phenolic OH excluding ortho intramolecular Hbond substituents is 1. The van der Waals surface area contributed by atoms with Crippen molar-refractivity contribution < 1.29 is 47.2 Å². The minimum absolute atomic E-state index is 0.0408. The summed E-state index contributed by atoms with van der Waals surface area (Å²) in [5, 5.41) is 26.7. The highest BCUT2D eigenvalue weighted by Gasteiger charge is 2.29. The third-order valence-electron chi connectivity index (χ3n) is 7.53. The van der Waals surface area contributed by atoms with Crippen LogP contribution in [0.2, 0.25) is 0 Å². The number of benzene rings is 4. The van der Waals surface area contributed by atoms with Gasteiger partial charge in [-0.25, -0.2) is 13.2 Å². The first-order valence-corrected chi connectivity index (χ1v) is 18.0. The number of carbonyl (C=O) groups excluding carboxylic acids is 1. The summed E-state index contributed by atoms with van der Waals surface area (Å²) in [4.78, 5) is 24.2. The van der Waals surface area contributed by atoms with Crippen molar-refractivity contribution in [2.75, 3.05) is 36.6 Å². The van der Waals surface area contributed by atoms with E-state index >= 15 is 0 Å². The molecule has 2 unspecified atom stereocenters. The number of nitrogens with one attached hydrogen (secondary N) is 2. The van der Waals surface area contributed by atoms with Crippen LogP contribution in [0.4, 0.5) is 16.2 Å². The number of amides is 1. The van der Waals surface area contributed by atoms with Gasteiger partial charge in [-0.05, 0) is 79.1 Å². The fourth-order valence-corrected chi connectivity index (χ4v) is 6.32. The van der Waals surface area contributed by atoms with E-state index in [2.05, 4.69) is 10.6 Å². The van der Waals surface area contributed by atoms with Crippen molar-refractivity contribution in [1.82, 2.24) is 0 Å². The predicted molar refractivity (Wildman–Crippen MR) is 195 cm³/mol. The number of carbonyl (C=O) groups is 2. The van der Waals surface area contributed by atoms with E-state index in [1.54, 1.807) is 57.3 Å².